The molecule has 0 aromatic rings. The van der Waals surface area contributed by atoms with Crippen LogP contribution in [0.15, 0.2) is 0 Å². The maximum Gasteiger partial charge on any atom is 0.335 e. The van der Waals surface area contributed by atoms with E-state index in [0.717, 1.165) is 12.8 Å². The van der Waals surface area contributed by atoms with Crippen LogP contribution in [0.3, 0.4) is 0 Å². The minimum absolute atomic E-state index is 0.377. The molecule has 8 nitrogen and oxygen atoms in total. The Morgan fingerprint density at radius 1 is 1.05 bits per heavy atom. The molecule has 4 N–H and O–H groups in total. The molecule has 0 amide bonds. The Hall–Kier alpha value is -1.22. The lowest BCUT2D eigenvalue weighted by atomic mass is 9.97. The number of hydrogen-bond acceptors (Lipinski definition) is 7. The summed E-state index contributed by atoms with van der Waals surface area (Å²) in [6.45, 7) is 3.84. The highest BCUT2D eigenvalue weighted by atomic mass is 16.7. The Kier molecular flexibility index (Phi) is 7.21. The molecular weight excluding hydrogens is 296 g/mol. The van der Waals surface area contributed by atoms with Crippen molar-refractivity contribution in [2.45, 2.75) is 70.2 Å². The number of esters is 1. The van der Waals surface area contributed by atoms with Crippen LogP contribution >= 0.6 is 0 Å². The monoisotopic (exact) mass is 320 g/mol. The molecule has 22 heavy (non-hydrogen) atoms. The van der Waals surface area contributed by atoms with E-state index < -0.39 is 42.6 Å². The van der Waals surface area contributed by atoms with Crippen LogP contribution in [0, 0.1) is 5.92 Å². The van der Waals surface area contributed by atoms with Gasteiger partial charge in [-0.2, -0.15) is 0 Å². The number of carbonyl (C=O) groups is 2. The number of carboxylic acid groups (broad SMARTS) is 1. The predicted molar refractivity (Wildman–Crippen MR) is 73.7 cm³/mol. The van der Waals surface area contributed by atoms with Gasteiger partial charge in [-0.1, -0.05) is 26.7 Å². The zero-order valence-electron chi connectivity index (χ0n) is 12.7. The van der Waals surface area contributed by atoms with Gasteiger partial charge in [0.1, 0.15) is 18.3 Å². The Morgan fingerprint density at radius 2 is 1.59 bits per heavy atom. The number of ether oxygens (including phenoxy) is 2. The van der Waals surface area contributed by atoms with E-state index in [1.165, 1.54) is 0 Å². The van der Waals surface area contributed by atoms with E-state index in [4.69, 9.17) is 14.6 Å². The van der Waals surface area contributed by atoms with Gasteiger partial charge in [-0.15, -0.1) is 0 Å². The number of hydrogen-bond donors (Lipinski definition) is 4. The van der Waals surface area contributed by atoms with Crippen LogP contribution in [-0.2, 0) is 19.1 Å². The molecule has 1 aliphatic rings. The number of carbonyl (C=O) groups excluding carboxylic acids is 1. The van der Waals surface area contributed by atoms with Gasteiger partial charge in [0, 0.05) is 0 Å². The average molecular weight is 320 g/mol. The largest absolute Gasteiger partial charge is 0.479 e. The number of rotatable bonds is 7. The van der Waals surface area contributed by atoms with E-state index in [1.807, 2.05) is 13.8 Å². The second-order valence-electron chi connectivity index (χ2n) is 5.45. The van der Waals surface area contributed by atoms with Crippen LogP contribution in [0.5, 0.6) is 0 Å². The lowest BCUT2D eigenvalue weighted by molar-refractivity contribution is -0.287. The second-order valence-corrected chi connectivity index (χ2v) is 5.45. The molecule has 2 unspecified atom stereocenters. The zero-order chi connectivity index (χ0) is 16.9. The molecule has 0 bridgehead atoms. The van der Waals surface area contributed by atoms with Gasteiger partial charge in [-0.3, -0.25) is 4.79 Å². The molecule has 1 fully saturated rings. The summed E-state index contributed by atoms with van der Waals surface area (Å²) >= 11 is 0. The van der Waals surface area contributed by atoms with Crippen LogP contribution in [0.4, 0.5) is 0 Å². The van der Waals surface area contributed by atoms with Crippen molar-refractivity contribution >= 4 is 11.9 Å². The van der Waals surface area contributed by atoms with Crippen LogP contribution in [-0.4, -0.2) is 63.1 Å². The van der Waals surface area contributed by atoms with Crippen molar-refractivity contribution in [1.29, 1.82) is 0 Å². The first-order chi connectivity index (χ1) is 10.3. The maximum atomic E-state index is 12.1. The highest BCUT2D eigenvalue weighted by Crippen LogP contribution is 2.24. The van der Waals surface area contributed by atoms with E-state index in [9.17, 15) is 24.9 Å². The first kappa shape index (κ1) is 18.8. The quantitative estimate of drug-likeness (QED) is 0.467. The van der Waals surface area contributed by atoms with Gasteiger partial charge in [0.25, 0.3) is 0 Å². The Bertz CT molecular complexity index is 379. The second kappa shape index (κ2) is 8.42. The highest BCUT2D eigenvalue weighted by Gasteiger charge is 2.48. The molecule has 0 aliphatic carbocycles. The van der Waals surface area contributed by atoms with Crippen LogP contribution in [0.2, 0.25) is 0 Å². The fourth-order valence-corrected chi connectivity index (χ4v) is 2.44. The molecule has 8 heteroatoms. The van der Waals surface area contributed by atoms with Crippen molar-refractivity contribution < 1.29 is 39.5 Å². The standard InChI is InChI=1S/C14H24O8/c1-3-5-7(6-4-2)13(20)22-14-10(17)8(15)9(16)11(21-14)12(18)19/h7-11,14-17H,3-6H2,1-2H3,(H,18,19)/t8-,9-,10?,11?,14-/m1/s1. The molecule has 0 radical (unpaired) electrons. The number of carboxylic acids is 1. The number of aliphatic hydroxyl groups excluding tert-OH is 3. The molecule has 1 saturated heterocycles. The van der Waals surface area contributed by atoms with Crippen LogP contribution in [0.1, 0.15) is 39.5 Å². The molecule has 0 aromatic heterocycles. The minimum Gasteiger partial charge on any atom is -0.479 e. The Labute approximate surface area is 128 Å². The van der Waals surface area contributed by atoms with Gasteiger partial charge >= 0.3 is 11.9 Å². The summed E-state index contributed by atoms with van der Waals surface area (Å²) in [6, 6.07) is 0. The molecule has 1 aliphatic heterocycles. The van der Waals surface area contributed by atoms with Gasteiger partial charge in [-0.05, 0) is 12.8 Å². The van der Waals surface area contributed by atoms with E-state index in [1.54, 1.807) is 0 Å². The zero-order valence-corrected chi connectivity index (χ0v) is 12.7. The van der Waals surface area contributed by atoms with E-state index >= 15 is 0 Å². The van der Waals surface area contributed by atoms with Crippen molar-refractivity contribution in [2.24, 2.45) is 5.92 Å². The smallest absolute Gasteiger partial charge is 0.335 e. The van der Waals surface area contributed by atoms with Crippen molar-refractivity contribution in [3.8, 4) is 0 Å². The fourth-order valence-electron chi connectivity index (χ4n) is 2.44. The highest BCUT2D eigenvalue weighted by molar-refractivity contribution is 5.74. The molecule has 128 valence electrons. The van der Waals surface area contributed by atoms with E-state index in [2.05, 4.69) is 0 Å². The third-order valence-electron chi connectivity index (χ3n) is 3.65. The lowest BCUT2D eigenvalue weighted by Crippen LogP contribution is -2.60. The summed E-state index contributed by atoms with van der Waals surface area (Å²) in [5, 5.41) is 37.9. The van der Waals surface area contributed by atoms with Crippen LogP contribution in [0.25, 0.3) is 0 Å². The average Bonchev–Trinajstić information content (AvgIpc) is 2.47. The number of aliphatic hydroxyl groups is 3. The van der Waals surface area contributed by atoms with Crippen molar-refractivity contribution in [1.82, 2.24) is 0 Å². The maximum absolute atomic E-state index is 12.1. The molecule has 0 saturated carbocycles. The van der Waals surface area contributed by atoms with Gasteiger partial charge in [0.2, 0.25) is 6.29 Å². The summed E-state index contributed by atoms with van der Waals surface area (Å²) in [5.74, 6) is -2.50. The minimum atomic E-state index is -1.80. The SMILES string of the molecule is CCCC(CCC)C(=O)O[C@H]1OC(C(=O)O)[C@H](O)[C@@H](O)C1O. The summed E-state index contributed by atoms with van der Waals surface area (Å²) in [5.41, 5.74) is 0. The molecule has 0 spiro atoms. The summed E-state index contributed by atoms with van der Waals surface area (Å²) in [7, 11) is 0. The van der Waals surface area contributed by atoms with Gasteiger partial charge in [0.15, 0.2) is 6.10 Å². The van der Waals surface area contributed by atoms with Crippen molar-refractivity contribution in [3.05, 3.63) is 0 Å². The molecule has 5 atom stereocenters. The van der Waals surface area contributed by atoms with E-state index in [0.29, 0.717) is 12.8 Å². The summed E-state index contributed by atoms with van der Waals surface area (Å²) < 4.78 is 9.94. The first-order valence-corrected chi connectivity index (χ1v) is 7.46. The van der Waals surface area contributed by atoms with Gasteiger partial charge in [-0.25, -0.2) is 4.79 Å². The Balaban J connectivity index is 2.77. The van der Waals surface area contributed by atoms with Gasteiger partial charge < -0.3 is 29.9 Å². The van der Waals surface area contributed by atoms with Crippen molar-refractivity contribution in [2.75, 3.05) is 0 Å². The normalized spacial score (nSPS) is 32.0. The van der Waals surface area contributed by atoms with Crippen LogP contribution < -0.4 is 0 Å². The van der Waals surface area contributed by atoms with Gasteiger partial charge in [0.05, 0.1) is 5.92 Å². The molecule has 0 aromatic carbocycles. The lowest BCUT2D eigenvalue weighted by Gasteiger charge is -2.38. The number of aliphatic carboxylic acids is 1. The van der Waals surface area contributed by atoms with Crippen molar-refractivity contribution in [3.63, 3.8) is 0 Å². The molecule has 1 heterocycles. The first-order valence-electron chi connectivity index (χ1n) is 7.46. The topological polar surface area (TPSA) is 134 Å². The Morgan fingerprint density at radius 3 is 2.05 bits per heavy atom. The molecular formula is C14H24O8. The third kappa shape index (κ3) is 4.39. The molecule has 1 rings (SSSR count). The van der Waals surface area contributed by atoms with E-state index in [-0.39, 0.29) is 5.92 Å². The third-order valence-corrected chi connectivity index (χ3v) is 3.65. The summed E-state index contributed by atoms with van der Waals surface area (Å²) in [4.78, 5) is 23.1. The fraction of sp³-hybridized carbons (Fsp3) is 0.857. The summed E-state index contributed by atoms with van der Waals surface area (Å²) in [6.07, 6.45) is -5.94. The predicted octanol–water partition coefficient (Wildman–Crippen LogP) is -0.362.